The lowest BCUT2D eigenvalue weighted by Crippen LogP contribution is -2.45. The molecule has 0 saturated carbocycles. The molecule has 0 bridgehead atoms. The predicted octanol–water partition coefficient (Wildman–Crippen LogP) is 2.20. The van der Waals surface area contributed by atoms with Crippen molar-refractivity contribution in [1.29, 1.82) is 0 Å². The average molecular weight is 367 g/mol. The maximum absolute atomic E-state index is 12.9. The molecular formula is C21H25N3O3. The molecule has 6 heteroatoms. The summed E-state index contributed by atoms with van der Waals surface area (Å²) in [7, 11) is 1.64. The highest BCUT2D eigenvalue weighted by molar-refractivity contribution is 5.94. The number of carbonyl (C=O) groups is 2. The van der Waals surface area contributed by atoms with Gasteiger partial charge in [0, 0.05) is 44.0 Å². The van der Waals surface area contributed by atoms with E-state index in [-0.39, 0.29) is 23.4 Å². The van der Waals surface area contributed by atoms with Crippen molar-refractivity contribution in [3.05, 3.63) is 70.1 Å². The van der Waals surface area contributed by atoms with Crippen LogP contribution in [0.25, 0.3) is 0 Å². The molecule has 27 heavy (non-hydrogen) atoms. The molecule has 0 radical (unpaired) electrons. The Bertz CT molecular complexity index is 860. The van der Waals surface area contributed by atoms with Gasteiger partial charge in [0.2, 0.25) is 5.56 Å². The van der Waals surface area contributed by atoms with Crippen LogP contribution < -0.4 is 10.9 Å². The zero-order valence-corrected chi connectivity index (χ0v) is 15.6. The zero-order chi connectivity index (χ0) is 19.2. The maximum atomic E-state index is 12.9. The van der Waals surface area contributed by atoms with Gasteiger partial charge in [-0.05, 0) is 43.9 Å². The summed E-state index contributed by atoms with van der Waals surface area (Å²) >= 11 is 0. The molecule has 1 saturated heterocycles. The zero-order valence-electron chi connectivity index (χ0n) is 15.6. The lowest BCUT2D eigenvalue weighted by molar-refractivity contribution is 0.0600. The normalized spacial score (nSPS) is 16.8. The summed E-state index contributed by atoms with van der Waals surface area (Å²) in [5.74, 6) is -0.146. The molecule has 1 fully saturated rings. The highest BCUT2D eigenvalue weighted by Crippen LogP contribution is 2.21. The molecule has 2 heterocycles. The van der Waals surface area contributed by atoms with Crippen LogP contribution in [0.4, 0.5) is 0 Å². The summed E-state index contributed by atoms with van der Waals surface area (Å²) in [4.78, 5) is 38.5. The molecule has 2 amide bonds. The number of hydrogen-bond acceptors (Lipinski definition) is 3. The van der Waals surface area contributed by atoms with E-state index in [0.29, 0.717) is 24.2 Å². The Labute approximate surface area is 158 Å². The van der Waals surface area contributed by atoms with Crippen LogP contribution in [0.3, 0.4) is 0 Å². The van der Waals surface area contributed by atoms with Gasteiger partial charge in [0.25, 0.3) is 11.8 Å². The number of pyridine rings is 1. The van der Waals surface area contributed by atoms with Crippen LogP contribution in [-0.4, -0.2) is 40.4 Å². The number of amides is 2. The van der Waals surface area contributed by atoms with E-state index in [1.165, 1.54) is 10.6 Å². The van der Waals surface area contributed by atoms with Gasteiger partial charge in [-0.25, -0.2) is 0 Å². The van der Waals surface area contributed by atoms with Crippen LogP contribution in [0.5, 0.6) is 0 Å². The van der Waals surface area contributed by atoms with Gasteiger partial charge in [-0.15, -0.1) is 0 Å². The molecule has 1 N–H and O–H groups in total. The number of nitrogens with one attached hydrogen (secondary N) is 1. The summed E-state index contributed by atoms with van der Waals surface area (Å²) in [5.41, 5.74) is 1.03. The maximum Gasteiger partial charge on any atom is 0.255 e. The molecule has 1 aliphatic heterocycles. The summed E-state index contributed by atoms with van der Waals surface area (Å²) in [6, 6.07) is 12.2. The number of aromatic nitrogens is 1. The molecule has 2 aromatic rings. The van der Waals surface area contributed by atoms with Crippen molar-refractivity contribution in [2.24, 2.45) is 7.05 Å². The average Bonchev–Trinajstić information content (AvgIpc) is 2.70. The third kappa shape index (κ3) is 4.64. The van der Waals surface area contributed by atoms with Crippen LogP contribution in [0.15, 0.2) is 53.5 Å². The molecule has 1 unspecified atom stereocenters. The fraction of sp³-hybridized carbons (Fsp3) is 0.381. The first kappa shape index (κ1) is 18.9. The number of benzene rings is 1. The first-order chi connectivity index (χ1) is 13.1. The molecule has 0 aliphatic carbocycles. The second-order valence-electron chi connectivity index (χ2n) is 6.93. The van der Waals surface area contributed by atoms with Crippen molar-refractivity contribution in [3.8, 4) is 0 Å². The Morgan fingerprint density at radius 1 is 1.07 bits per heavy atom. The molecule has 1 aliphatic rings. The van der Waals surface area contributed by atoms with Gasteiger partial charge in [-0.2, -0.15) is 0 Å². The fourth-order valence-corrected chi connectivity index (χ4v) is 3.50. The second kappa shape index (κ2) is 8.66. The number of piperidine rings is 1. The van der Waals surface area contributed by atoms with Gasteiger partial charge < -0.3 is 14.8 Å². The van der Waals surface area contributed by atoms with Crippen molar-refractivity contribution in [2.45, 2.75) is 31.7 Å². The van der Waals surface area contributed by atoms with Crippen molar-refractivity contribution >= 4 is 11.8 Å². The van der Waals surface area contributed by atoms with Crippen molar-refractivity contribution < 1.29 is 9.59 Å². The molecule has 3 rings (SSSR count). The van der Waals surface area contributed by atoms with Crippen LogP contribution in [0.1, 0.15) is 46.4 Å². The second-order valence-corrected chi connectivity index (χ2v) is 6.93. The standard InChI is InChI=1S/C21H25N3O3/c1-23-15-17(10-11-19(23)25)21(27)24-14-6-5-9-18(24)12-13-22-20(26)16-7-3-2-4-8-16/h2-4,7-8,10-11,15,18H,5-6,9,12-14H2,1H3,(H,22,26). The van der Waals surface area contributed by atoms with Gasteiger partial charge in [0.1, 0.15) is 0 Å². The van der Waals surface area contributed by atoms with Crippen LogP contribution >= 0.6 is 0 Å². The van der Waals surface area contributed by atoms with E-state index < -0.39 is 0 Å². The van der Waals surface area contributed by atoms with E-state index in [4.69, 9.17) is 0 Å². The summed E-state index contributed by atoms with van der Waals surface area (Å²) in [6.45, 7) is 1.23. The first-order valence-corrected chi connectivity index (χ1v) is 9.37. The Hall–Kier alpha value is -2.89. The number of rotatable bonds is 5. The molecule has 1 atom stereocenters. The van der Waals surface area contributed by atoms with E-state index >= 15 is 0 Å². The van der Waals surface area contributed by atoms with Crippen LogP contribution in [-0.2, 0) is 7.05 Å². The summed E-state index contributed by atoms with van der Waals surface area (Å²) in [5, 5.41) is 2.94. The summed E-state index contributed by atoms with van der Waals surface area (Å²) in [6.07, 6.45) is 5.29. The molecule has 142 valence electrons. The molecule has 0 spiro atoms. The van der Waals surface area contributed by atoms with E-state index in [9.17, 15) is 14.4 Å². The van der Waals surface area contributed by atoms with E-state index in [1.54, 1.807) is 31.4 Å². The van der Waals surface area contributed by atoms with E-state index in [2.05, 4.69) is 5.32 Å². The third-order valence-electron chi connectivity index (χ3n) is 5.02. The SMILES string of the molecule is Cn1cc(C(=O)N2CCCCC2CCNC(=O)c2ccccc2)ccc1=O. The van der Waals surface area contributed by atoms with Gasteiger partial charge >= 0.3 is 0 Å². The summed E-state index contributed by atoms with van der Waals surface area (Å²) < 4.78 is 1.42. The van der Waals surface area contributed by atoms with Crippen LogP contribution in [0, 0.1) is 0 Å². The number of nitrogens with zero attached hydrogens (tertiary/aromatic N) is 2. The van der Waals surface area contributed by atoms with Crippen molar-refractivity contribution in [3.63, 3.8) is 0 Å². The monoisotopic (exact) mass is 367 g/mol. The Balaban J connectivity index is 1.61. The molecule has 1 aromatic heterocycles. The molecule has 6 nitrogen and oxygen atoms in total. The Morgan fingerprint density at radius 2 is 1.85 bits per heavy atom. The van der Waals surface area contributed by atoms with Crippen molar-refractivity contribution in [2.75, 3.05) is 13.1 Å². The molecular weight excluding hydrogens is 342 g/mol. The van der Waals surface area contributed by atoms with Gasteiger partial charge in [0.15, 0.2) is 0 Å². The van der Waals surface area contributed by atoms with Gasteiger partial charge in [0.05, 0.1) is 5.56 Å². The highest BCUT2D eigenvalue weighted by Gasteiger charge is 2.27. The van der Waals surface area contributed by atoms with E-state index in [0.717, 1.165) is 25.7 Å². The minimum absolute atomic E-state index is 0.0512. The largest absolute Gasteiger partial charge is 0.352 e. The first-order valence-electron chi connectivity index (χ1n) is 9.37. The highest BCUT2D eigenvalue weighted by atomic mass is 16.2. The fourth-order valence-electron chi connectivity index (χ4n) is 3.50. The minimum atomic E-state index is -0.134. The van der Waals surface area contributed by atoms with Gasteiger partial charge in [-0.1, -0.05) is 18.2 Å². The van der Waals surface area contributed by atoms with Gasteiger partial charge in [-0.3, -0.25) is 14.4 Å². The lowest BCUT2D eigenvalue weighted by atomic mass is 9.98. The van der Waals surface area contributed by atoms with E-state index in [1.807, 2.05) is 23.1 Å². The topological polar surface area (TPSA) is 71.4 Å². The number of aryl methyl sites for hydroxylation is 1. The minimum Gasteiger partial charge on any atom is -0.352 e. The Kier molecular flexibility index (Phi) is 6.06. The molecule has 1 aromatic carbocycles. The number of likely N-dealkylation sites (tertiary alicyclic amines) is 1. The van der Waals surface area contributed by atoms with Crippen LogP contribution in [0.2, 0.25) is 0 Å². The Morgan fingerprint density at radius 3 is 2.59 bits per heavy atom. The lowest BCUT2D eigenvalue weighted by Gasteiger charge is -2.36. The van der Waals surface area contributed by atoms with Crippen molar-refractivity contribution in [1.82, 2.24) is 14.8 Å². The number of carbonyl (C=O) groups excluding carboxylic acids is 2. The smallest absolute Gasteiger partial charge is 0.255 e. The number of hydrogen-bond donors (Lipinski definition) is 1. The quantitative estimate of drug-likeness (QED) is 0.881. The third-order valence-corrected chi connectivity index (χ3v) is 5.02. The predicted molar refractivity (Wildman–Crippen MR) is 104 cm³/mol.